The van der Waals surface area contributed by atoms with E-state index in [-0.39, 0.29) is 18.1 Å². The van der Waals surface area contributed by atoms with Crippen LogP contribution in [0.5, 0.6) is 0 Å². The van der Waals surface area contributed by atoms with Gasteiger partial charge in [-0.05, 0) is 24.3 Å². The molecule has 0 amide bonds. The predicted octanol–water partition coefficient (Wildman–Crippen LogP) is 0.0786. The molecule has 1 unspecified atom stereocenters. The third kappa shape index (κ3) is 3.67. The van der Waals surface area contributed by atoms with E-state index in [9.17, 15) is 13.2 Å². The molecule has 0 bridgehead atoms. The molecule has 0 aliphatic rings. The Labute approximate surface area is 121 Å². The molecule has 2 aromatic rings. The van der Waals surface area contributed by atoms with Gasteiger partial charge < -0.3 is 14.3 Å². The van der Waals surface area contributed by atoms with E-state index in [2.05, 4.69) is 4.72 Å². The van der Waals surface area contributed by atoms with E-state index in [1.54, 1.807) is 0 Å². The fourth-order valence-corrected chi connectivity index (χ4v) is 3.08. The molecule has 0 saturated heterocycles. The smallest absolute Gasteiger partial charge is 0.336 e. The van der Waals surface area contributed by atoms with Crippen LogP contribution in [0.4, 0.5) is 0 Å². The van der Waals surface area contributed by atoms with Crippen LogP contribution >= 0.6 is 0 Å². The van der Waals surface area contributed by atoms with Gasteiger partial charge in [0.2, 0.25) is 10.0 Å². The zero-order valence-electron chi connectivity index (χ0n) is 11.3. The third-order valence-electron chi connectivity index (χ3n) is 2.81. The van der Waals surface area contributed by atoms with E-state index >= 15 is 0 Å². The van der Waals surface area contributed by atoms with Gasteiger partial charge in [-0.3, -0.25) is 0 Å². The summed E-state index contributed by atoms with van der Waals surface area (Å²) in [6, 6.07) is 6.10. The summed E-state index contributed by atoms with van der Waals surface area (Å²) in [5.41, 5.74) is -0.200. The molecule has 0 saturated carbocycles. The van der Waals surface area contributed by atoms with E-state index in [1.807, 2.05) is 0 Å². The van der Waals surface area contributed by atoms with E-state index in [4.69, 9.17) is 14.3 Å². The maximum atomic E-state index is 12.2. The first-order valence-corrected chi connectivity index (χ1v) is 7.60. The van der Waals surface area contributed by atoms with Gasteiger partial charge in [-0.2, -0.15) is 0 Å². The van der Waals surface area contributed by atoms with Gasteiger partial charge in [0.25, 0.3) is 0 Å². The van der Waals surface area contributed by atoms with Crippen molar-refractivity contribution in [3.8, 4) is 0 Å². The number of sulfonamides is 1. The van der Waals surface area contributed by atoms with E-state index in [0.717, 1.165) is 0 Å². The summed E-state index contributed by atoms with van der Waals surface area (Å²) in [5, 5.41) is 9.60. The Kier molecular flexibility index (Phi) is 4.73. The Morgan fingerprint density at radius 2 is 2.10 bits per heavy atom. The van der Waals surface area contributed by atoms with Crippen molar-refractivity contribution in [1.82, 2.24) is 4.72 Å². The van der Waals surface area contributed by atoms with Gasteiger partial charge in [0.15, 0.2) is 0 Å². The molecule has 21 heavy (non-hydrogen) atoms. The number of nitrogens with one attached hydrogen (secondary N) is 1. The molecular formula is C13H15NO6S. The number of aliphatic hydroxyl groups excluding tert-OH is 1. The highest BCUT2D eigenvalue weighted by atomic mass is 32.2. The average molecular weight is 313 g/mol. The lowest BCUT2D eigenvalue weighted by Gasteiger charge is -2.15. The van der Waals surface area contributed by atoms with Crippen molar-refractivity contribution < 1.29 is 22.7 Å². The van der Waals surface area contributed by atoms with Crippen LogP contribution in [-0.2, 0) is 14.8 Å². The van der Waals surface area contributed by atoms with Gasteiger partial charge in [0, 0.05) is 18.6 Å². The molecule has 0 spiro atoms. The van der Waals surface area contributed by atoms with Crippen LogP contribution < -0.4 is 10.3 Å². The highest BCUT2D eigenvalue weighted by Crippen LogP contribution is 2.17. The molecule has 0 aliphatic heterocycles. The van der Waals surface area contributed by atoms with Crippen molar-refractivity contribution in [2.24, 2.45) is 0 Å². The second kappa shape index (κ2) is 6.35. The van der Waals surface area contributed by atoms with Gasteiger partial charge in [0.1, 0.15) is 5.58 Å². The lowest BCUT2D eigenvalue weighted by atomic mass is 10.2. The minimum Gasteiger partial charge on any atom is -0.423 e. The Balaban J connectivity index is 2.35. The normalized spacial score (nSPS) is 13.4. The Morgan fingerprint density at radius 3 is 2.76 bits per heavy atom. The number of methoxy groups -OCH3 is 1. The second-order valence-corrected chi connectivity index (χ2v) is 6.12. The van der Waals surface area contributed by atoms with Crippen molar-refractivity contribution in [1.29, 1.82) is 0 Å². The minimum absolute atomic E-state index is 0.0124. The molecular weight excluding hydrogens is 298 g/mol. The zero-order chi connectivity index (χ0) is 15.5. The Hall–Kier alpha value is -1.74. The summed E-state index contributed by atoms with van der Waals surface area (Å²) in [4.78, 5) is 11.1. The standard InChI is InChI=1S/C13H15NO6S/c1-19-8-10(7-15)14-21(17,18)11-3-4-12-9(6-11)2-5-13(16)20-12/h2-6,10,14-15H,7-8H2,1H3. The van der Waals surface area contributed by atoms with Crippen LogP contribution in [0.15, 0.2) is 44.4 Å². The highest BCUT2D eigenvalue weighted by Gasteiger charge is 2.20. The van der Waals surface area contributed by atoms with Crippen molar-refractivity contribution in [3.05, 3.63) is 40.8 Å². The molecule has 2 N–H and O–H groups in total. The fourth-order valence-electron chi connectivity index (χ4n) is 1.83. The van der Waals surface area contributed by atoms with E-state index < -0.39 is 21.7 Å². The van der Waals surface area contributed by atoms with Crippen molar-refractivity contribution in [2.75, 3.05) is 20.3 Å². The Morgan fingerprint density at radius 1 is 1.33 bits per heavy atom. The van der Waals surface area contributed by atoms with Crippen molar-refractivity contribution in [3.63, 3.8) is 0 Å². The Bertz CT molecular complexity index is 783. The van der Waals surface area contributed by atoms with Crippen LogP contribution in [0.25, 0.3) is 11.0 Å². The van der Waals surface area contributed by atoms with Gasteiger partial charge in [0.05, 0.1) is 24.2 Å². The zero-order valence-corrected chi connectivity index (χ0v) is 12.1. The number of hydrogen-bond acceptors (Lipinski definition) is 6. The number of ether oxygens (including phenoxy) is 1. The lowest BCUT2D eigenvalue weighted by Crippen LogP contribution is -2.40. The van der Waals surface area contributed by atoms with Crippen molar-refractivity contribution in [2.45, 2.75) is 10.9 Å². The van der Waals surface area contributed by atoms with Gasteiger partial charge >= 0.3 is 5.63 Å². The quantitative estimate of drug-likeness (QED) is 0.732. The lowest BCUT2D eigenvalue weighted by molar-refractivity contribution is 0.139. The topological polar surface area (TPSA) is 106 Å². The van der Waals surface area contributed by atoms with Crippen LogP contribution in [-0.4, -0.2) is 39.9 Å². The summed E-state index contributed by atoms with van der Waals surface area (Å²) in [6.45, 7) is -0.326. The van der Waals surface area contributed by atoms with E-state index in [1.165, 1.54) is 37.4 Å². The highest BCUT2D eigenvalue weighted by molar-refractivity contribution is 7.89. The van der Waals surface area contributed by atoms with E-state index in [0.29, 0.717) is 11.0 Å². The number of benzene rings is 1. The first-order valence-electron chi connectivity index (χ1n) is 6.12. The maximum absolute atomic E-state index is 12.2. The summed E-state index contributed by atoms with van der Waals surface area (Å²) in [5.74, 6) is 0. The van der Waals surface area contributed by atoms with Crippen LogP contribution in [0.1, 0.15) is 0 Å². The van der Waals surface area contributed by atoms with Crippen molar-refractivity contribution >= 4 is 21.0 Å². The molecule has 0 radical (unpaired) electrons. The van der Waals surface area contributed by atoms with Gasteiger partial charge in [-0.1, -0.05) is 0 Å². The van der Waals surface area contributed by atoms with Gasteiger partial charge in [-0.15, -0.1) is 0 Å². The minimum atomic E-state index is -3.81. The maximum Gasteiger partial charge on any atom is 0.336 e. The summed E-state index contributed by atoms with van der Waals surface area (Å²) in [7, 11) is -2.39. The van der Waals surface area contributed by atoms with Gasteiger partial charge in [-0.25, -0.2) is 17.9 Å². The van der Waals surface area contributed by atoms with Crippen LogP contribution in [0.3, 0.4) is 0 Å². The molecule has 8 heteroatoms. The SMILES string of the molecule is COCC(CO)NS(=O)(=O)c1ccc2oc(=O)ccc2c1. The fraction of sp³-hybridized carbons (Fsp3) is 0.308. The summed E-state index contributed by atoms with van der Waals surface area (Å²) < 4.78 is 36.5. The molecule has 1 aromatic heterocycles. The first-order chi connectivity index (χ1) is 9.96. The number of hydrogen-bond donors (Lipinski definition) is 2. The van der Waals surface area contributed by atoms with Crippen LogP contribution in [0.2, 0.25) is 0 Å². The summed E-state index contributed by atoms with van der Waals surface area (Å²) >= 11 is 0. The average Bonchev–Trinajstić information content (AvgIpc) is 2.45. The molecule has 1 atom stereocenters. The number of aliphatic hydroxyl groups is 1. The molecule has 114 valence electrons. The molecule has 1 heterocycles. The molecule has 7 nitrogen and oxygen atoms in total. The molecule has 0 aliphatic carbocycles. The molecule has 0 fully saturated rings. The second-order valence-electron chi connectivity index (χ2n) is 4.41. The van der Waals surface area contributed by atoms with Crippen LogP contribution in [0, 0.1) is 0 Å². The summed E-state index contributed by atoms with van der Waals surface area (Å²) in [6.07, 6.45) is 0. The number of fused-ring (bicyclic) bond motifs is 1. The molecule has 2 rings (SSSR count). The largest absolute Gasteiger partial charge is 0.423 e. The number of rotatable bonds is 6. The third-order valence-corrected chi connectivity index (χ3v) is 4.33. The predicted molar refractivity (Wildman–Crippen MR) is 75.6 cm³/mol. The molecule has 1 aromatic carbocycles. The first kappa shape index (κ1) is 15.6. The monoisotopic (exact) mass is 313 g/mol.